The van der Waals surface area contributed by atoms with E-state index in [2.05, 4.69) is 15.6 Å². The lowest BCUT2D eigenvalue weighted by atomic mass is 9.84. The number of aliphatic imine (C=N–C) groups is 1. The van der Waals surface area contributed by atoms with Crippen molar-refractivity contribution in [2.24, 2.45) is 4.99 Å². The number of rotatable bonds is 6. The third-order valence-electron chi connectivity index (χ3n) is 5.03. The van der Waals surface area contributed by atoms with E-state index in [1.165, 1.54) is 23.6 Å². The van der Waals surface area contributed by atoms with Gasteiger partial charge in [-0.05, 0) is 30.5 Å². The van der Waals surface area contributed by atoms with Crippen LogP contribution in [0.3, 0.4) is 0 Å². The van der Waals surface area contributed by atoms with Crippen LogP contribution in [0, 0.1) is 11.6 Å². The van der Waals surface area contributed by atoms with E-state index in [0.717, 1.165) is 11.6 Å². The van der Waals surface area contributed by atoms with Crippen LogP contribution in [0.5, 0.6) is 5.75 Å². The molecule has 0 radical (unpaired) electrons. The molecule has 0 saturated heterocycles. The van der Waals surface area contributed by atoms with Gasteiger partial charge < -0.3 is 10.1 Å². The van der Waals surface area contributed by atoms with Crippen LogP contribution in [0.4, 0.5) is 19.3 Å². The third kappa shape index (κ3) is 6.18. The Morgan fingerprint density at radius 3 is 2.53 bits per heavy atom. The fourth-order valence-electron chi connectivity index (χ4n) is 3.43. The Balaban J connectivity index is 1.95. The lowest BCUT2D eigenvalue weighted by Gasteiger charge is -2.28. The van der Waals surface area contributed by atoms with E-state index in [9.17, 15) is 22.4 Å². The second-order valence-electron chi connectivity index (χ2n) is 8.72. The number of amides is 1. The second kappa shape index (κ2) is 10.9. The highest BCUT2D eigenvalue weighted by molar-refractivity contribution is 8.42. The quantitative estimate of drug-likeness (QED) is 0.469. The Bertz CT molecular complexity index is 1440. The van der Waals surface area contributed by atoms with Gasteiger partial charge in [0, 0.05) is 37.6 Å². The SMILES string of the molecule is C[C@H](Nc1c(Cl)cc(OC(=O)NC2=CS(=S(=O)=O)C=N2)c(F)c1C(C)(C)C)c1cc(C=O)ccc1F. The van der Waals surface area contributed by atoms with Crippen molar-refractivity contribution in [3.63, 3.8) is 0 Å². The van der Waals surface area contributed by atoms with Crippen LogP contribution < -0.4 is 15.4 Å². The molecule has 0 saturated carbocycles. The van der Waals surface area contributed by atoms with Crippen molar-refractivity contribution in [1.82, 2.24) is 5.32 Å². The van der Waals surface area contributed by atoms with E-state index in [-0.39, 0.29) is 33.2 Å². The minimum Gasteiger partial charge on any atom is -0.407 e. The zero-order valence-electron chi connectivity index (χ0n) is 19.6. The summed E-state index contributed by atoms with van der Waals surface area (Å²) in [5, 5.41) is 6.48. The number of aldehydes is 1. The predicted molar refractivity (Wildman–Crippen MR) is 136 cm³/mol. The summed E-state index contributed by atoms with van der Waals surface area (Å²) < 4.78 is 57.2. The number of nitrogens with one attached hydrogen (secondary N) is 2. The first-order valence-electron chi connectivity index (χ1n) is 10.4. The first-order chi connectivity index (χ1) is 16.8. The summed E-state index contributed by atoms with van der Waals surface area (Å²) in [6.07, 6.45) is -0.509. The van der Waals surface area contributed by atoms with E-state index < -0.39 is 53.7 Å². The van der Waals surface area contributed by atoms with Gasteiger partial charge in [-0.1, -0.05) is 32.4 Å². The van der Waals surface area contributed by atoms with Gasteiger partial charge in [-0.25, -0.2) is 18.6 Å². The summed E-state index contributed by atoms with van der Waals surface area (Å²) >= 11 is 6.46. The van der Waals surface area contributed by atoms with Crippen LogP contribution in [0.25, 0.3) is 0 Å². The molecule has 2 aromatic rings. The number of benzene rings is 2. The van der Waals surface area contributed by atoms with Crippen LogP contribution >= 0.6 is 11.6 Å². The Morgan fingerprint density at radius 1 is 1.25 bits per heavy atom. The van der Waals surface area contributed by atoms with Crippen molar-refractivity contribution in [2.75, 3.05) is 5.32 Å². The number of hydrogen-bond donors (Lipinski definition) is 2. The summed E-state index contributed by atoms with van der Waals surface area (Å²) in [6.45, 7) is 6.79. The molecule has 1 unspecified atom stereocenters. The van der Waals surface area contributed by atoms with E-state index in [1.54, 1.807) is 27.7 Å². The van der Waals surface area contributed by atoms with Gasteiger partial charge in [0.25, 0.3) is 0 Å². The highest BCUT2D eigenvalue weighted by atomic mass is 35.5. The van der Waals surface area contributed by atoms with E-state index in [4.69, 9.17) is 16.3 Å². The molecule has 1 aliphatic rings. The highest BCUT2D eigenvalue weighted by Crippen LogP contribution is 2.43. The molecule has 2 atom stereocenters. The maximum absolute atomic E-state index is 15.7. The topological polar surface area (TPSA) is 114 Å². The van der Waals surface area contributed by atoms with Gasteiger partial charge in [-0.3, -0.25) is 10.1 Å². The zero-order chi connectivity index (χ0) is 26.8. The molecular formula is C23H22ClF2N3O5S2. The molecule has 1 amide bonds. The normalized spacial score (nSPS) is 15.8. The lowest BCUT2D eigenvalue weighted by molar-refractivity contribution is 0.112. The number of hydrogen-bond acceptors (Lipinski definition) is 7. The monoisotopic (exact) mass is 557 g/mol. The van der Waals surface area contributed by atoms with Crippen molar-refractivity contribution in [1.29, 1.82) is 0 Å². The molecule has 2 N–H and O–H groups in total. The van der Waals surface area contributed by atoms with Crippen molar-refractivity contribution in [2.45, 2.75) is 39.2 Å². The van der Waals surface area contributed by atoms with Gasteiger partial charge >= 0.3 is 6.09 Å². The van der Waals surface area contributed by atoms with Crippen LogP contribution in [0.2, 0.25) is 5.02 Å². The van der Waals surface area contributed by atoms with Crippen LogP contribution in [0.1, 0.15) is 55.2 Å². The summed E-state index contributed by atoms with van der Waals surface area (Å²) in [7, 11) is -3.71. The van der Waals surface area contributed by atoms with Gasteiger partial charge in [0.15, 0.2) is 11.6 Å². The number of nitrogens with zero attached hydrogens (tertiary/aromatic N) is 1. The van der Waals surface area contributed by atoms with Crippen molar-refractivity contribution in [3.8, 4) is 5.75 Å². The van der Waals surface area contributed by atoms with Crippen LogP contribution in [-0.4, -0.2) is 26.3 Å². The van der Waals surface area contributed by atoms with Crippen molar-refractivity contribution >= 4 is 53.9 Å². The summed E-state index contributed by atoms with van der Waals surface area (Å²) in [5.74, 6) is -1.95. The average Bonchev–Trinajstić information content (AvgIpc) is 3.25. The zero-order valence-corrected chi connectivity index (χ0v) is 21.9. The molecule has 2 aromatic carbocycles. The lowest BCUT2D eigenvalue weighted by Crippen LogP contribution is -2.26. The van der Waals surface area contributed by atoms with E-state index in [0.29, 0.717) is 6.29 Å². The molecule has 3 rings (SSSR count). The maximum atomic E-state index is 15.7. The van der Waals surface area contributed by atoms with Crippen LogP contribution in [0.15, 0.2) is 40.5 Å². The summed E-state index contributed by atoms with van der Waals surface area (Å²) in [4.78, 5) is 27.2. The Kier molecular flexibility index (Phi) is 8.32. The molecule has 0 fully saturated rings. The minimum absolute atomic E-state index is 0.00400. The molecule has 13 heteroatoms. The average molecular weight is 558 g/mol. The molecule has 1 heterocycles. The first-order valence-corrected chi connectivity index (χ1v) is 13.7. The number of carbonyl (C=O) groups excluding carboxylic acids is 2. The van der Waals surface area contributed by atoms with Gasteiger partial charge in [-0.15, -0.1) is 0 Å². The number of carbonyl (C=O) groups is 2. The van der Waals surface area contributed by atoms with Crippen molar-refractivity contribution < 1.29 is 31.5 Å². The van der Waals surface area contributed by atoms with Gasteiger partial charge in [0.2, 0.25) is 9.26 Å². The second-order valence-corrected chi connectivity index (χ2v) is 12.6. The molecule has 8 nitrogen and oxygen atoms in total. The minimum atomic E-state index is -2.42. The Morgan fingerprint density at radius 2 is 1.94 bits per heavy atom. The van der Waals surface area contributed by atoms with Gasteiger partial charge in [0.05, 0.1) is 22.3 Å². The fourth-order valence-corrected chi connectivity index (χ4v) is 5.29. The largest absolute Gasteiger partial charge is 0.418 e. The Hall–Kier alpha value is -3.09. The predicted octanol–water partition coefficient (Wildman–Crippen LogP) is 5.24. The number of ether oxygens (including phenoxy) is 1. The first kappa shape index (κ1) is 27.5. The maximum Gasteiger partial charge on any atom is 0.418 e. The molecule has 0 aromatic heterocycles. The standard InChI is InChI=1S/C23H22ClF2N3O5S2/c1-12(14-7-13(9-30)5-6-16(14)25)28-21-15(24)8-17(20(26)19(21)23(2,3)4)34-22(31)29-18-10-35(11-27-18)36(32)33/h5-12,28H,1-4H3,(H,29,31)/t12-,35?/m0/s1. The molecule has 36 heavy (non-hydrogen) atoms. The smallest absolute Gasteiger partial charge is 0.407 e. The van der Waals surface area contributed by atoms with Gasteiger partial charge in [0.1, 0.15) is 17.9 Å². The summed E-state index contributed by atoms with van der Waals surface area (Å²) in [5.41, 5.74) is 1.01. The molecule has 192 valence electrons. The number of halogens is 3. The van der Waals surface area contributed by atoms with Crippen LogP contribution in [-0.2, 0) is 24.1 Å². The third-order valence-corrected chi connectivity index (χ3v) is 7.90. The molecule has 1 aliphatic heterocycles. The van der Waals surface area contributed by atoms with Crippen molar-refractivity contribution in [3.05, 3.63) is 68.8 Å². The molecular weight excluding hydrogens is 536 g/mol. The fraction of sp³-hybridized carbons (Fsp3) is 0.261. The highest BCUT2D eigenvalue weighted by Gasteiger charge is 2.30. The molecule has 0 bridgehead atoms. The van der Waals surface area contributed by atoms with E-state index >= 15 is 4.39 Å². The van der Waals surface area contributed by atoms with E-state index in [1.807, 2.05) is 0 Å². The molecule has 0 spiro atoms. The number of anilines is 1. The Labute approximate surface area is 214 Å². The summed E-state index contributed by atoms with van der Waals surface area (Å²) in [6, 6.07) is 4.29. The molecule has 0 aliphatic carbocycles. The van der Waals surface area contributed by atoms with Gasteiger partial charge in [-0.2, -0.15) is 8.42 Å².